The van der Waals surface area contributed by atoms with Crippen LogP contribution in [0.25, 0.3) is 0 Å². The number of halogens is 2. The first kappa shape index (κ1) is 13.3. The summed E-state index contributed by atoms with van der Waals surface area (Å²) in [6.07, 6.45) is 3.87. The summed E-state index contributed by atoms with van der Waals surface area (Å²) in [6, 6.07) is 2.15. The molecule has 0 bridgehead atoms. The Morgan fingerprint density at radius 3 is 2.39 bits per heavy atom. The Balaban J connectivity index is 2.56. The fraction of sp³-hybridized carbons (Fsp3) is 0.462. The summed E-state index contributed by atoms with van der Waals surface area (Å²) in [6.45, 7) is 0. The van der Waals surface area contributed by atoms with Crippen molar-refractivity contribution in [3.8, 4) is 0 Å². The molecule has 18 heavy (non-hydrogen) atoms. The van der Waals surface area contributed by atoms with Gasteiger partial charge in [0, 0.05) is 10.5 Å². The maximum absolute atomic E-state index is 14.0. The minimum atomic E-state index is -1.25. The van der Waals surface area contributed by atoms with E-state index in [2.05, 4.69) is 0 Å². The third-order valence-electron chi connectivity index (χ3n) is 3.62. The monoisotopic (exact) mass is 272 g/mol. The van der Waals surface area contributed by atoms with Crippen molar-refractivity contribution in [1.82, 2.24) is 0 Å². The van der Waals surface area contributed by atoms with Crippen molar-refractivity contribution >= 4 is 17.7 Å². The number of hydrogen-bond donors (Lipinski definition) is 1. The normalized spacial score (nSPS) is 17.9. The van der Waals surface area contributed by atoms with E-state index in [9.17, 15) is 18.7 Å². The summed E-state index contributed by atoms with van der Waals surface area (Å²) < 4.78 is 27.8. The van der Waals surface area contributed by atoms with Crippen LogP contribution in [0, 0.1) is 11.6 Å². The first-order valence-corrected chi connectivity index (χ1v) is 7.00. The zero-order valence-electron chi connectivity index (χ0n) is 10.0. The van der Waals surface area contributed by atoms with Gasteiger partial charge in [-0.15, -0.1) is 11.8 Å². The van der Waals surface area contributed by atoms with E-state index in [0.29, 0.717) is 12.8 Å². The van der Waals surface area contributed by atoms with Gasteiger partial charge in [0.25, 0.3) is 0 Å². The van der Waals surface area contributed by atoms with Gasteiger partial charge in [0.05, 0.1) is 5.41 Å². The smallest absolute Gasteiger partial charge is 0.314 e. The average Bonchev–Trinajstić information content (AvgIpc) is 2.82. The quantitative estimate of drug-likeness (QED) is 0.854. The van der Waals surface area contributed by atoms with Crippen LogP contribution < -0.4 is 0 Å². The molecule has 0 amide bonds. The van der Waals surface area contributed by atoms with Crippen LogP contribution in [-0.2, 0) is 10.2 Å². The van der Waals surface area contributed by atoms with Crippen LogP contribution in [-0.4, -0.2) is 17.3 Å². The third-order valence-corrected chi connectivity index (χ3v) is 4.38. The summed E-state index contributed by atoms with van der Waals surface area (Å²) in [5.41, 5.74) is -1.26. The number of benzene rings is 1. The van der Waals surface area contributed by atoms with Crippen molar-refractivity contribution in [2.24, 2.45) is 0 Å². The molecule has 1 aliphatic rings. The Morgan fingerprint density at radius 1 is 1.28 bits per heavy atom. The van der Waals surface area contributed by atoms with Gasteiger partial charge in [-0.1, -0.05) is 12.8 Å². The largest absolute Gasteiger partial charge is 0.481 e. The lowest BCUT2D eigenvalue weighted by molar-refractivity contribution is -0.143. The summed E-state index contributed by atoms with van der Waals surface area (Å²) in [7, 11) is 0. The molecule has 2 rings (SSSR count). The van der Waals surface area contributed by atoms with E-state index in [1.54, 1.807) is 6.26 Å². The van der Waals surface area contributed by atoms with Crippen molar-refractivity contribution in [3.63, 3.8) is 0 Å². The molecule has 1 N–H and O–H groups in total. The molecule has 0 unspecified atom stereocenters. The molecule has 0 aromatic heterocycles. The van der Waals surface area contributed by atoms with Gasteiger partial charge in [0.2, 0.25) is 0 Å². The highest BCUT2D eigenvalue weighted by molar-refractivity contribution is 7.98. The van der Waals surface area contributed by atoms with Crippen molar-refractivity contribution in [2.45, 2.75) is 36.0 Å². The van der Waals surface area contributed by atoms with Gasteiger partial charge in [0.15, 0.2) is 0 Å². The number of hydrogen-bond acceptors (Lipinski definition) is 2. The molecular weight excluding hydrogens is 258 g/mol. The van der Waals surface area contributed by atoms with Gasteiger partial charge >= 0.3 is 5.97 Å². The second-order valence-electron chi connectivity index (χ2n) is 4.56. The second-order valence-corrected chi connectivity index (χ2v) is 5.41. The minimum absolute atomic E-state index is 0.0113. The Hall–Kier alpha value is -1.10. The number of rotatable bonds is 3. The molecule has 0 saturated heterocycles. The fourth-order valence-electron chi connectivity index (χ4n) is 2.63. The van der Waals surface area contributed by atoms with Crippen LogP contribution in [0.4, 0.5) is 8.78 Å². The molecule has 1 saturated carbocycles. The standard InChI is InChI=1S/C13H14F2O2S/c1-18-11-7-9(14)8(6-10(11)15)13(12(16)17)4-2-3-5-13/h6-7H,2-5H2,1H3,(H,16,17). The Kier molecular flexibility index (Phi) is 3.61. The van der Waals surface area contributed by atoms with Crippen LogP contribution in [0.3, 0.4) is 0 Å². The number of carboxylic acids is 1. The highest BCUT2D eigenvalue weighted by atomic mass is 32.2. The van der Waals surface area contributed by atoms with E-state index in [-0.39, 0.29) is 10.5 Å². The highest BCUT2D eigenvalue weighted by Gasteiger charge is 2.45. The highest BCUT2D eigenvalue weighted by Crippen LogP contribution is 2.43. The Labute approximate surface area is 108 Å². The molecule has 0 aliphatic heterocycles. The van der Waals surface area contributed by atoms with Crippen LogP contribution in [0.5, 0.6) is 0 Å². The topological polar surface area (TPSA) is 37.3 Å². The van der Waals surface area contributed by atoms with Gasteiger partial charge in [-0.05, 0) is 31.2 Å². The van der Waals surface area contributed by atoms with Crippen LogP contribution >= 0.6 is 11.8 Å². The molecule has 5 heteroatoms. The molecule has 98 valence electrons. The predicted octanol–water partition coefficient (Wildman–Crippen LogP) is 3.58. The lowest BCUT2D eigenvalue weighted by atomic mass is 9.78. The number of carbonyl (C=O) groups is 1. The number of aliphatic carboxylic acids is 1. The van der Waals surface area contributed by atoms with Crippen molar-refractivity contribution in [2.75, 3.05) is 6.26 Å². The molecule has 2 nitrogen and oxygen atoms in total. The van der Waals surface area contributed by atoms with E-state index < -0.39 is 23.0 Å². The van der Waals surface area contributed by atoms with Gasteiger partial charge in [-0.25, -0.2) is 8.78 Å². The summed E-state index contributed by atoms with van der Waals surface area (Å²) >= 11 is 1.11. The molecule has 1 aromatic carbocycles. The maximum Gasteiger partial charge on any atom is 0.314 e. The van der Waals surface area contributed by atoms with Crippen LogP contribution in [0.15, 0.2) is 17.0 Å². The lowest BCUT2D eigenvalue weighted by Gasteiger charge is -2.25. The first-order valence-electron chi connectivity index (χ1n) is 5.78. The third kappa shape index (κ3) is 2.00. The first-order chi connectivity index (χ1) is 8.51. The van der Waals surface area contributed by atoms with Crippen LogP contribution in [0.1, 0.15) is 31.2 Å². The van der Waals surface area contributed by atoms with E-state index in [0.717, 1.165) is 36.7 Å². The predicted molar refractivity (Wildman–Crippen MR) is 65.9 cm³/mol. The summed E-state index contributed by atoms with van der Waals surface area (Å²) in [5.74, 6) is -2.23. The molecule has 0 radical (unpaired) electrons. The molecule has 1 aliphatic carbocycles. The second kappa shape index (κ2) is 4.88. The van der Waals surface area contributed by atoms with E-state index >= 15 is 0 Å². The summed E-state index contributed by atoms with van der Waals surface area (Å²) in [5, 5.41) is 9.36. The zero-order chi connectivity index (χ0) is 13.3. The van der Waals surface area contributed by atoms with Gasteiger partial charge < -0.3 is 5.11 Å². The Morgan fingerprint density at radius 2 is 1.89 bits per heavy atom. The SMILES string of the molecule is CSc1cc(F)c(C2(C(=O)O)CCCC2)cc1F. The van der Waals surface area contributed by atoms with Crippen LogP contribution in [0.2, 0.25) is 0 Å². The molecule has 0 spiro atoms. The minimum Gasteiger partial charge on any atom is -0.481 e. The van der Waals surface area contributed by atoms with Crippen molar-refractivity contribution < 1.29 is 18.7 Å². The van der Waals surface area contributed by atoms with E-state index in [4.69, 9.17) is 0 Å². The molecule has 0 heterocycles. The molecular formula is C13H14F2O2S. The summed E-state index contributed by atoms with van der Waals surface area (Å²) in [4.78, 5) is 11.7. The lowest BCUT2D eigenvalue weighted by Crippen LogP contribution is -2.33. The van der Waals surface area contributed by atoms with Gasteiger partial charge in [0.1, 0.15) is 11.6 Å². The maximum atomic E-state index is 14.0. The average molecular weight is 272 g/mol. The van der Waals surface area contributed by atoms with E-state index in [1.165, 1.54) is 0 Å². The Bertz CT molecular complexity index is 482. The van der Waals surface area contributed by atoms with Crippen molar-refractivity contribution in [3.05, 3.63) is 29.3 Å². The van der Waals surface area contributed by atoms with Gasteiger partial charge in [-0.3, -0.25) is 4.79 Å². The van der Waals surface area contributed by atoms with Gasteiger partial charge in [-0.2, -0.15) is 0 Å². The zero-order valence-corrected chi connectivity index (χ0v) is 10.8. The number of carboxylic acid groups (broad SMARTS) is 1. The molecule has 0 atom stereocenters. The molecule has 1 fully saturated rings. The van der Waals surface area contributed by atoms with E-state index in [1.807, 2.05) is 0 Å². The number of thioether (sulfide) groups is 1. The molecule has 1 aromatic rings. The fourth-order valence-corrected chi connectivity index (χ4v) is 3.10. The van der Waals surface area contributed by atoms with Crippen molar-refractivity contribution in [1.29, 1.82) is 0 Å².